The Hall–Kier alpha value is -1.39. The predicted molar refractivity (Wildman–Crippen MR) is 90.9 cm³/mol. The number of nitrogens with zero attached hydrogens (tertiary/aromatic N) is 1. The Morgan fingerprint density at radius 3 is 1.91 bits per heavy atom. The highest BCUT2D eigenvalue weighted by Crippen LogP contribution is 2.13. The number of unbranched alkanes of at least 4 members (excludes halogenated alkanes) is 1. The van der Waals surface area contributed by atoms with Gasteiger partial charge in [0.05, 0.1) is 0 Å². The van der Waals surface area contributed by atoms with Crippen LogP contribution in [0, 0.1) is 0 Å². The van der Waals surface area contributed by atoms with Crippen molar-refractivity contribution in [2.45, 2.75) is 90.4 Å². The van der Waals surface area contributed by atoms with Crippen molar-refractivity contribution in [1.29, 1.82) is 0 Å². The molecule has 0 spiro atoms. The van der Waals surface area contributed by atoms with Crippen LogP contribution in [0.2, 0.25) is 0 Å². The molecule has 0 saturated carbocycles. The summed E-state index contributed by atoms with van der Waals surface area (Å²) in [6.07, 6.45) is 12.1. The topological polar surface area (TPSA) is 66.5 Å². The maximum absolute atomic E-state index is 12.3. The molecule has 0 aliphatic carbocycles. The van der Waals surface area contributed by atoms with Crippen LogP contribution in [0.3, 0.4) is 0 Å². The van der Waals surface area contributed by atoms with Crippen molar-refractivity contribution < 1.29 is 14.4 Å². The van der Waals surface area contributed by atoms with E-state index < -0.39 is 6.03 Å². The quantitative estimate of drug-likeness (QED) is 0.848. The zero-order valence-corrected chi connectivity index (χ0v) is 14.6. The summed E-state index contributed by atoms with van der Waals surface area (Å²) in [7, 11) is 0. The third kappa shape index (κ3) is 8.72. The van der Waals surface area contributed by atoms with E-state index in [4.69, 9.17) is 0 Å². The van der Waals surface area contributed by atoms with Gasteiger partial charge >= 0.3 is 6.03 Å². The molecule has 0 atom stereocenters. The van der Waals surface area contributed by atoms with Crippen molar-refractivity contribution in [3.8, 4) is 0 Å². The normalized spacial score (nSPS) is 20.4. The first-order valence-corrected chi connectivity index (χ1v) is 9.29. The summed E-state index contributed by atoms with van der Waals surface area (Å²) in [5, 5.41) is 2.38. The van der Waals surface area contributed by atoms with Crippen molar-refractivity contribution >= 4 is 17.8 Å². The summed E-state index contributed by atoms with van der Waals surface area (Å²) in [4.78, 5) is 37.6. The number of carbonyl (C=O) groups is 3. The summed E-state index contributed by atoms with van der Waals surface area (Å²) in [6.45, 7) is 2.42. The fourth-order valence-corrected chi connectivity index (χ4v) is 2.84. The van der Waals surface area contributed by atoms with Crippen molar-refractivity contribution in [2.75, 3.05) is 6.54 Å². The lowest BCUT2D eigenvalue weighted by Gasteiger charge is -2.21. The molecule has 132 valence electrons. The van der Waals surface area contributed by atoms with Gasteiger partial charge in [-0.25, -0.2) is 4.79 Å². The predicted octanol–water partition coefficient (Wildman–Crippen LogP) is 4.16. The van der Waals surface area contributed by atoms with Crippen LogP contribution < -0.4 is 5.32 Å². The van der Waals surface area contributed by atoms with Gasteiger partial charge in [0.15, 0.2) is 0 Å². The van der Waals surface area contributed by atoms with E-state index in [0.29, 0.717) is 19.4 Å². The minimum atomic E-state index is -0.541. The summed E-state index contributed by atoms with van der Waals surface area (Å²) >= 11 is 0. The lowest BCUT2D eigenvalue weighted by Crippen LogP contribution is -2.46. The molecule has 5 nitrogen and oxygen atoms in total. The highest BCUT2D eigenvalue weighted by Gasteiger charge is 2.22. The molecular weight excluding hydrogens is 292 g/mol. The van der Waals surface area contributed by atoms with E-state index in [1.165, 1.54) is 24.2 Å². The molecule has 1 saturated heterocycles. The molecule has 1 rings (SSSR count). The van der Waals surface area contributed by atoms with Gasteiger partial charge in [0.25, 0.3) is 0 Å². The molecule has 1 heterocycles. The minimum absolute atomic E-state index is 0.157. The van der Waals surface area contributed by atoms with Crippen LogP contribution in [0.15, 0.2) is 0 Å². The molecule has 1 fully saturated rings. The van der Waals surface area contributed by atoms with Gasteiger partial charge in [0, 0.05) is 19.4 Å². The molecule has 0 unspecified atom stereocenters. The van der Waals surface area contributed by atoms with Gasteiger partial charge in [-0.1, -0.05) is 58.3 Å². The average Bonchev–Trinajstić information content (AvgIpc) is 2.52. The first-order valence-electron chi connectivity index (χ1n) is 9.29. The number of carbonyl (C=O) groups excluding carboxylic acids is 3. The van der Waals surface area contributed by atoms with Gasteiger partial charge in [-0.15, -0.1) is 0 Å². The molecule has 5 heteroatoms. The Morgan fingerprint density at radius 2 is 1.35 bits per heavy atom. The third-order valence-electron chi connectivity index (χ3n) is 4.32. The van der Waals surface area contributed by atoms with Crippen LogP contribution in [0.1, 0.15) is 90.4 Å². The van der Waals surface area contributed by atoms with Crippen molar-refractivity contribution in [2.24, 2.45) is 0 Å². The van der Waals surface area contributed by atoms with Crippen LogP contribution in [-0.4, -0.2) is 29.3 Å². The number of urea groups is 1. The molecular formula is C18H32N2O3. The molecule has 0 aromatic rings. The fraction of sp³-hybridized carbons (Fsp3) is 0.833. The van der Waals surface area contributed by atoms with Crippen LogP contribution in [0.5, 0.6) is 0 Å². The maximum atomic E-state index is 12.3. The van der Waals surface area contributed by atoms with Crippen LogP contribution in [0.25, 0.3) is 0 Å². The van der Waals surface area contributed by atoms with E-state index >= 15 is 0 Å². The van der Waals surface area contributed by atoms with Gasteiger partial charge < -0.3 is 0 Å². The standard InChI is InChI=1S/C18H32N2O3/c1-2-3-15-20-17(22)14-12-10-8-6-4-5-7-9-11-13-16(21)19-18(20)23/h2-15H2,1H3,(H,19,21,23). The highest BCUT2D eigenvalue weighted by atomic mass is 16.2. The lowest BCUT2D eigenvalue weighted by atomic mass is 10.1. The molecule has 0 aromatic heterocycles. The van der Waals surface area contributed by atoms with E-state index in [1.54, 1.807) is 0 Å². The Morgan fingerprint density at radius 1 is 0.826 bits per heavy atom. The van der Waals surface area contributed by atoms with Crippen LogP contribution >= 0.6 is 0 Å². The van der Waals surface area contributed by atoms with Gasteiger partial charge in [-0.05, 0) is 19.3 Å². The first kappa shape index (κ1) is 19.7. The molecule has 0 aromatic carbocycles. The Kier molecular flexibility index (Phi) is 10.3. The SMILES string of the molecule is CCCCN1C(=O)CCCCCCCCCCCC(=O)NC1=O. The Labute approximate surface area is 140 Å². The highest BCUT2D eigenvalue weighted by molar-refractivity contribution is 6.02. The summed E-state index contributed by atoms with van der Waals surface area (Å²) in [5.74, 6) is -0.424. The molecule has 23 heavy (non-hydrogen) atoms. The Bertz CT molecular complexity index is 382. The van der Waals surface area contributed by atoms with Gasteiger partial charge in [-0.3, -0.25) is 19.8 Å². The van der Waals surface area contributed by atoms with Crippen LogP contribution in [-0.2, 0) is 9.59 Å². The lowest BCUT2D eigenvalue weighted by molar-refractivity contribution is -0.128. The Balaban J connectivity index is 2.61. The second-order valence-electron chi connectivity index (χ2n) is 6.43. The zero-order valence-electron chi connectivity index (χ0n) is 14.6. The van der Waals surface area contributed by atoms with Gasteiger partial charge in [0.2, 0.25) is 11.8 Å². The first-order chi connectivity index (χ1) is 11.1. The summed E-state index contributed by atoms with van der Waals surface area (Å²) in [6, 6.07) is -0.541. The largest absolute Gasteiger partial charge is 0.330 e. The monoisotopic (exact) mass is 324 g/mol. The second kappa shape index (κ2) is 12.1. The number of imide groups is 2. The van der Waals surface area contributed by atoms with E-state index in [9.17, 15) is 14.4 Å². The van der Waals surface area contributed by atoms with E-state index in [-0.39, 0.29) is 11.8 Å². The number of hydrogen-bond donors (Lipinski definition) is 1. The molecule has 1 N–H and O–H groups in total. The zero-order chi connectivity index (χ0) is 16.9. The van der Waals surface area contributed by atoms with Gasteiger partial charge in [-0.2, -0.15) is 0 Å². The van der Waals surface area contributed by atoms with E-state index in [2.05, 4.69) is 5.32 Å². The second-order valence-corrected chi connectivity index (χ2v) is 6.43. The average molecular weight is 324 g/mol. The van der Waals surface area contributed by atoms with E-state index in [0.717, 1.165) is 51.4 Å². The number of amides is 4. The number of rotatable bonds is 3. The summed E-state index contributed by atoms with van der Waals surface area (Å²) < 4.78 is 0. The van der Waals surface area contributed by atoms with Crippen molar-refractivity contribution in [3.05, 3.63) is 0 Å². The maximum Gasteiger partial charge on any atom is 0.330 e. The number of hydrogen-bond acceptors (Lipinski definition) is 3. The van der Waals surface area contributed by atoms with Crippen LogP contribution in [0.4, 0.5) is 4.79 Å². The smallest absolute Gasteiger partial charge is 0.278 e. The summed E-state index contributed by atoms with van der Waals surface area (Å²) in [5.41, 5.74) is 0. The van der Waals surface area contributed by atoms with Gasteiger partial charge in [0.1, 0.15) is 0 Å². The fourth-order valence-electron chi connectivity index (χ4n) is 2.84. The molecule has 1 aliphatic rings. The third-order valence-corrected chi connectivity index (χ3v) is 4.32. The molecule has 0 bridgehead atoms. The van der Waals surface area contributed by atoms with E-state index in [1.807, 2.05) is 6.92 Å². The molecule has 0 radical (unpaired) electrons. The minimum Gasteiger partial charge on any atom is -0.278 e. The van der Waals surface area contributed by atoms with Crippen molar-refractivity contribution in [3.63, 3.8) is 0 Å². The molecule has 4 amide bonds. The van der Waals surface area contributed by atoms with Crippen molar-refractivity contribution in [1.82, 2.24) is 10.2 Å². The molecule has 1 aliphatic heterocycles. The number of nitrogens with one attached hydrogen (secondary N) is 1.